The van der Waals surface area contributed by atoms with Gasteiger partial charge in [-0.15, -0.1) is 0 Å². The number of esters is 4. The molecule has 7 rings (SSSR count). The standard InChI is InChI=1S/C37H48O14/c1-9-16(2)31(44)50-32-33(6)22-13-23(41)35(8)27(36(22,15-46-32)28(43)26(47-17(3)38)30(33)49-19(5)40)25(42)29(48-18(4)39)34(7)21(20-10-11-45-14-20)12-24-37(34,35)51-24/h10-11,14,16,21-24,26-30,32,41,43H,9,12-13,15H2,1-8H3/t16-,21+,22+,23-,24-,26-,27?,28+,29+,30-,32-,33-,34-,35-,36+,37-/m1/s1. The Morgan fingerprint density at radius 2 is 1.63 bits per heavy atom. The molecule has 2 N–H and O–H groups in total. The molecule has 4 saturated carbocycles. The smallest absolute Gasteiger partial charge is 0.310 e. The summed E-state index contributed by atoms with van der Waals surface area (Å²) in [6.07, 6.45) is -5.17. The summed E-state index contributed by atoms with van der Waals surface area (Å²) >= 11 is 0. The molecular weight excluding hydrogens is 668 g/mol. The van der Waals surface area contributed by atoms with Crippen molar-refractivity contribution < 1.29 is 67.0 Å². The van der Waals surface area contributed by atoms with E-state index >= 15 is 4.79 Å². The minimum Gasteiger partial charge on any atom is -0.472 e. The molecule has 2 saturated heterocycles. The fourth-order valence-corrected chi connectivity index (χ4v) is 11.9. The lowest BCUT2D eigenvalue weighted by molar-refractivity contribution is -0.391. The fourth-order valence-electron chi connectivity index (χ4n) is 11.9. The monoisotopic (exact) mass is 716 g/mol. The van der Waals surface area contributed by atoms with Crippen LogP contribution in [0, 0.1) is 39.4 Å². The Hall–Kier alpha value is -3.33. The Kier molecular flexibility index (Phi) is 8.19. The normalized spacial score (nSPS) is 48.2. The van der Waals surface area contributed by atoms with Gasteiger partial charge in [-0.25, -0.2) is 0 Å². The second kappa shape index (κ2) is 11.6. The summed E-state index contributed by atoms with van der Waals surface area (Å²) in [4.78, 5) is 67.1. The largest absolute Gasteiger partial charge is 0.472 e. The molecule has 2 aliphatic heterocycles. The van der Waals surface area contributed by atoms with Crippen molar-refractivity contribution in [2.24, 2.45) is 39.4 Å². The second-order valence-electron chi connectivity index (χ2n) is 16.3. The van der Waals surface area contributed by atoms with Crippen LogP contribution in [0.3, 0.4) is 0 Å². The molecule has 0 amide bonds. The maximum absolute atomic E-state index is 15.5. The van der Waals surface area contributed by atoms with E-state index < -0.39 is 118 Å². The number of aliphatic hydroxyl groups excluding tert-OH is 2. The first-order valence-electron chi connectivity index (χ1n) is 17.8. The van der Waals surface area contributed by atoms with Gasteiger partial charge in [0.2, 0.25) is 6.29 Å². The van der Waals surface area contributed by atoms with Gasteiger partial charge in [0.15, 0.2) is 24.1 Å². The molecule has 51 heavy (non-hydrogen) atoms. The zero-order valence-corrected chi connectivity index (χ0v) is 30.2. The number of fused-ring (bicyclic) bond motifs is 1. The first-order valence-corrected chi connectivity index (χ1v) is 17.8. The molecule has 2 bridgehead atoms. The number of furan rings is 1. The lowest BCUT2D eigenvalue weighted by atomic mass is 9.33. The highest BCUT2D eigenvalue weighted by Crippen LogP contribution is 2.83. The highest BCUT2D eigenvalue weighted by atomic mass is 16.7. The lowest BCUT2D eigenvalue weighted by Crippen LogP contribution is -2.84. The van der Waals surface area contributed by atoms with Crippen molar-refractivity contribution in [3.63, 3.8) is 0 Å². The predicted octanol–water partition coefficient (Wildman–Crippen LogP) is 2.60. The lowest BCUT2D eigenvalue weighted by Gasteiger charge is -2.73. The summed E-state index contributed by atoms with van der Waals surface area (Å²) in [5.74, 6) is -6.50. The summed E-state index contributed by atoms with van der Waals surface area (Å²) < 4.78 is 42.2. The molecule has 16 atom stereocenters. The van der Waals surface area contributed by atoms with E-state index in [4.69, 9.17) is 32.8 Å². The summed E-state index contributed by atoms with van der Waals surface area (Å²) in [5, 5.41) is 25.3. The zero-order valence-electron chi connectivity index (χ0n) is 30.2. The molecule has 6 aliphatic rings. The molecule has 1 aromatic rings. The van der Waals surface area contributed by atoms with E-state index in [1.165, 1.54) is 13.2 Å². The maximum atomic E-state index is 15.5. The van der Waals surface area contributed by atoms with Crippen LogP contribution in [0.1, 0.15) is 86.1 Å². The number of aliphatic hydroxyl groups is 2. The van der Waals surface area contributed by atoms with Gasteiger partial charge in [-0.3, -0.25) is 24.0 Å². The average Bonchev–Trinajstić information content (AvgIpc) is 3.42. The molecule has 14 nitrogen and oxygen atoms in total. The van der Waals surface area contributed by atoms with E-state index in [-0.39, 0.29) is 18.9 Å². The molecular formula is C37H48O14. The molecule has 6 fully saturated rings. The molecule has 280 valence electrons. The molecule has 1 aromatic heterocycles. The van der Waals surface area contributed by atoms with E-state index in [1.807, 2.05) is 13.8 Å². The van der Waals surface area contributed by atoms with Crippen LogP contribution in [0.5, 0.6) is 0 Å². The van der Waals surface area contributed by atoms with Crippen molar-refractivity contribution in [2.75, 3.05) is 6.61 Å². The summed E-state index contributed by atoms with van der Waals surface area (Å²) in [6.45, 7) is 11.9. The Morgan fingerprint density at radius 3 is 2.22 bits per heavy atom. The van der Waals surface area contributed by atoms with Gasteiger partial charge in [-0.05, 0) is 43.7 Å². The number of carbonyl (C=O) groups excluding carboxylic acids is 5. The van der Waals surface area contributed by atoms with Gasteiger partial charge >= 0.3 is 23.9 Å². The third-order valence-corrected chi connectivity index (χ3v) is 14.1. The minimum atomic E-state index is -1.70. The average molecular weight is 717 g/mol. The number of Topliss-reactive ketones (excluding diaryl/α,β-unsaturated/α-hetero) is 1. The molecule has 1 unspecified atom stereocenters. The van der Waals surface area contributed by atoms with Crippen LogP contribution >= 0.6 is 0 Å². The van der Waals surface area contributed by atoms with Gasteiger partial charge in [0.05, 0.1) is 48.1 Å². The molecule has 3 heterocycles. The van der Waals surface area contributed by atoms with Crippen molar-refractivity contribution in [1.82, 2.24) is 0 Å². The minimum absolute atomic E-state index is 0.0539. The van der Waals surface area contributed by atoms with Gasteiger partial charge < -0.3 is 43.1 Å². The van der Waals surface area contributed by atoms with Gasteiger partial charge in [0, 0.05) is 43.4 Å². The number of ether oxygens (including phenoxy) is 6. The summed E-state index contributed by atoms with van der Waals surface area (Å²) in [6, 6.07) is 1.80. The predicted molar refractivity (Wildman–Crippen MR) is 171 cm³/mol. The van der Waals surface area contributed by atoms with E-state index in [1.54, 1.807) is 33.1 Å². The molecule has 0 aromatic carbocycles. The van der Waals surface area contributed by atoms with Crippen LogP contribution in [-0.2, 0) is 52.4 Å². The van der Waals surface area contributed by atoms with Gasteiger partial charge in [0.1, 0.15) is 11.7 Å². The number of hydrogen-bond donors (Lipinski definition) is 2. The van der Waals surface area contributed by atoms with E-state index in [2.05, 4.69) is 0 Å². The third kappa shape index (κ3) is 4.33. The first-order chi connectivity index (χ1) is 23.9. The van der Waals surface area contributed by atoms with E-state index in [0.717, 1.165) is 19.4 Å². The molecule has 0 radical (unpaired) electrons. The fraction of sp³-hybridized carbons (Fsp3) is 0.757. The van der Waals surface area contributed by atoms with Crippen molar-refractivity contribution in [3.05, 3.63) is 24.2 Å². The van der Waals surface area contributed by atoms with Gasteiger partial charge in [-0.2, -0.15) is 0 Å². The molecule has 4 aliphatic carbocycles. The van der Waals surface area contributed by atoms with Crippen LogP contribution in [0.2, 0.25) is 0 Å². The van der Waals surface area contributed by atoms with Crippen molar-refractivity contribution in [3.8, 4) is 0 Å². The Balaban J connectivity index is 1.45. The number of carbonyl (C=O) groups is 5. The van der Waals surface area contributed by atoms with Crippen LogP contribution in [0.25, 0.3) is 0 Å². The van der Waals surface area contributed by atoms with Crippen LogP contribution in [0.15, 0.2) is 23.0 Å². The zero-order chi connectivity index (χ0) is 37.2. The molecule has 14 heteroatoms. The van der Waals surface area contributed by atoms with Crippen LogP contribution in [-0.4, -0.2) is 95.0 Å². The Morgan fingerprint density at radius 1 is 0.961 bits per heavy atom. The van der Waals surface area contributed by atoms with Crippen molar-refractivity contribution in [2.45, 2.75) is 129 Å². The van der Waals surface area contributed by atoms with E-state index in [0.29, 0.717) is 12.8 Å². The second-order valence-corrected chi connectivity index (χ2v) is 16.3. The Bertz CT molecular complexity index is 1640. The Labute approximate surface area is 295 Å². The summed E-state index contributed by atoms with van der Waals surface area (Å²) in [7, 11) is 0. The maximum Gasteiger partial charge on any atom is 0.310 e. The van der Waals surface area contributed by atoms with Crippen molar-refractivity contribution >= 4 is 29.7 Å². The summed E-state index contributed by atoms with van der Waals surface area (Å²) in [5.41, 5.74) is -6.23. The number of epoxide rings is 1. The number of hydrogen-bond acceptors (Lipinski definition) is 14. The topological polar surface area (TPSA) is 198 Å². The molecule has 1 spiro atoms. The number of rotatable bonds is 7. The van der Waals surface area contributed by atoms with Crippen LogP contribution in [0.4, 0.5) is 0 Å². The van der Waals surface area contributed by atoms with Gasteiger partial charge in [0.25, 0.3) is 0 Å². The SMILES string of the molecule is CC[C@@H](C)C(=O)O[C@H]1OC[C@@]23C4C(=O)[C@H](OC(C)=O)[C@@]5(C)[C@H](c6ccoc6)C[C@H]6O[C@]65[C@]4(C)[C@H](O)C[C@H]2[C@]1(C)[C@H](OC(C)=O)[C@H](OC(C)=O)[C@@H]3O. The van der Waals surface area contributed by atoms with Crippen molar-refractivity contribution in [1.29, 1.82) is 0 Å². The number of ketones is 1. The third-order valence-electron chi connectivity index (χ3n) is 14.1. The van der Waals surface area contributed by atoms with E-state index in [9.17, 15) is 29.4 Å². The highest BCUT2D eigenvalue weighted by Gasteiger charge is 2.93. The first kappa shape index (κ1) is 36.0. The quantitative estimate of drug-likeness (QED) is 0.237. The van der Waals surface area contributed by atoms with Crippen LogP contribution < -0.4 is 0 Å². The van der Waals surface area contributed by atoms with Gasteiger partial charge in [-0.1, -0.05) is 27.7 Å². The highest BCUT2D eigenvalue weighted by molar-refractivity contribution is 5.93.